The van der Waals surface area contributed by atoms with E-state index in [1.165, 1.54) is 268 Å². The molecule has 1 heteroatoms. The Morgan fingerprint density at radius 2 is 0.820 bits per heavy atom. The average molecular weight is 845 g/mol. The zero-order chi connectivity index (χ0) is 44.3. The summed E-state index contributed by atoms with van der Waals surface area (Å²) < 4.78 is 0. The Labute approximate surface area is 385 Å². The Hall–Kier alpha value is -1.60. The molecule has 1 aromatic carbocycles. The van der Waals surface area contributed by atoms with Gasteiger partial charge in [-0.25, -0.2) is 0 Å². The Morgan fingerprint density at radius 1 is 0.410 bits per heavy atom. The van der Waals surface area contributed by atoms with Crippen molar-refractivity contribution < 1.29 is 0 Å². The number of allylic oxidation sites excluding steroid dienone is 3. The van der Waals surface area contributed by atoms with E-state index in [1.807, 2.05) is 0 Å². The second kappa shape index (κ2) is 43.6. The second-order valence-electron chi connectivity index (χ2n) is 20.0. The van der Waals surface area contributed by atoms with E-state index in [4.69, 9.17) is 0 Å². The molecule has 0 bridgehead atoms. The first-order valence-electron chi connectivity index (χ1n) is 27.7. The molecule has 0 spiro atoms. The molecule has 0 unspecified atom stereocenters. The van der Waals surface area contributed by atoms with Gasteiger partial charge in [0.15, 0.2) is 0 Å². The van der Waals surface area contributed by atoms with Gasteiger partial charge in [-0.15, -0.1) is 0 Å². The maximum atomic E-state index is 4.56. The highest BCUT2D eigenvalue weighted by molar-refractivity contribution is 5.33. The fourth-order valence-corrected chi connectivity index (χ4v) is 9.64. The van der Waals surface area contributed by atoms with Gasteiger partial charge in [-0.05, 0) is 133 Å². The van der Waals surface area contributed by atoms with Crippen LogP contribution in [0.25, 0.3) is 0 Å². The van der Waals surface area contributed by atoms with Crippen molar-refractivity contribution in [3.8, 4) is 0 Å². The third kappa shape index (κ3) is 36.4. The van der Waals surface area contributed by atoms with E-state index >= 15 is 0 Å². The van der Waals surface area contributed by atoms with Crippen molar-refractivity contribution in [2.75, 3.05) is 13.6 Å². The van der Waals surface area contributed by atoms with Crippen LogP contribution in [0.15, 0.2) is 54.7 Å². The first-order valence-corrected chi connectivity index (χ1v) is 27.7. The molecule has 61 heavy (non-hydrogen) atoms. The minimum Gasteiger partial charge on any atom is -0.320 e. The zero-order valence-corrected chi connectivity index (χ0v) is 42.3. The summed E-state index contributed by atoms with van der Waals surface area (Å²) in [5, 5.41) is 3.30. The summed E-state index contributed by atoms with van der Waals surface area (Å²) in [7, 11) is 2.05. The van der Waals surface area contributed by atoms with E-state index in [-0.39, 0.29) is 0 Å². The van der Waals surface area contributed by atoms with E-state index < -0.39 is 0 Å². The predicted molar refractivity (Wildman–Crippen MR) is 279 cm³/mol. The van der Waals surface area contributed by atoms with Gasteiger partial charge in [-0.3, -0.25) is 0 Å². The van der Waals surface area contributed by atoms with E-state index in [0.717, 1.165) is 25.3 Å². The van der Waals surface area contributed by atoms with Crippen LogP contribution in [0.1, 0.15) is 288 Å². The maximum Gasteiger partial charge on any atom is -0.00489 e. The van der Waals surface area contributed by atoms with Gasteiger partial charge in [-0.1, -0.05) is 249 Å². The summed E-state index contributed by atoms with van der Waals surface area (Å²) in [6.45, 7) is 21.4. The first kappa shape index (κ1) is 57.4. The lowest BCUT2D eigenvalue weighted by molar-refractivity contribution is 0.398. The lowest BCUT2D eigenvalue weighted by Crippen LogP contribution is -2.07. The largest absolute Gasteiger partial charge is 0.320 e. The molecule has 0 amide bonds. The Bertz CT molecular complexity index is 1130. The van der Waals surface area contributed by atoms with Crippen LogP contribution >= 0.6 is 0 Å². The summed E-state index contributed by atoms with van der Waals surface area (Å²) in [6.07, 6.45) is 56.8. The highest BCUT2D eigenvalue weighted by atomic mass is 14.8. The number of benzene rings is 1. The summed E-state index contributed by atoms with van der Waals surface area (Å²) in [5.74, 6) is 0.893. The number of hydrogen-bond acceptors (Lipinski definition) is 1. The molecular formula is C60H109N. The molecule has 1 aromatic rings. The van der Waals surface area contributed by atoms with Gasteiger partial charge in [0.2, 0.25) is 0 Å². The molecule has 0 atom stereocenters. The molecule has 0 aromatic heterocycles. The highest BCUT2D eigenvalue weighted by Crippen LogP contribution is 2.27. The van der Waals surface area contributed by atoms with Crippen molar-refractivity contribution in [1.29, 1.82) is 0 Å². The Morgan fingerprint density at radius 3 is 1.33 bits per heavy atom. The first-order chi connectivity index (χ1) is 29.9. The normalized spacial score (nSPS) is 11.6. The van der Waals surface area contributed by atoms with E-state index in [0.29, 0.717) is 0 Å². The quantitative estimate of drug-likeness (QED) is 0.0509. The monoisotopic (exact) mass is 844 g/mol. The molecule has 0 aliphatic carbocycles. The van der Waals surface area contributed by atoms with Crippen LogP contribution in [0.5, 0.6) is 0 Å². The zero-order valence-electron chi connectivity index (χ0n) is 42.3. The summed E-state index contributed by atoms with van der Waals surface area (Å²) in [4.78, 5) is 0. The summed E-state index contributed by atoms with van der Waals surface area (Å²) >= 11 is 0. The summed E-state index contributed by atoms with van der Waals surface area (Å²) in [6, 6.07) is 7.56. The van der Waals surface area contributed by atoms with Gasteiger partial charge in [0.1, 0.15) is 0 Å². The molecule has 0 aliphatic heterocycles. The van der Waals surface area contributed by atoms with Crippen molar-refractivity contribution in [1.82, 2.24) is 5.32 Å². The average Bonchev–Trinajstić information content (AvgIpc) is 3.26. The molecule has 1 nitrogen and oxygen atoms in total. The number of aryl methyl sites for hydroxylation is 3. The lowest BCUT2D eigenvalue weighted by atomic mass is 9.87. The van der Waals surface area contributed by atoms with Gasteiger partial charge < -0.3 is 5.32 Å². The van der Waals surface area contributed by atoms with Crippen LogP contribution in [0, 0.1) is 5.92 Å². The van der Waals surface area contributed by atoms with Crippen LogP contribution < -0.4 is 5.32 Å². The fourth-order valence-electron chi connectivity index (χ4n) is 9.64. The molecule has 1 N–H and O–H groups in total. The molecule has 0 saturated heterocycles. The molecule has 0 heterocycles. The third-order valence-corrected chi connectivity index (χ3v) is 13.8. The molecule has 0 saturated carbocycles. The van der Waals surface area contributed by atoms with Crippen LogP contribution in [0.2, 0.25) is 0 Å². The predicted octanol–water partition coefficient (Wildman–Crippen LogP) is 20.1. The van der Waals surface area contributed by atoms with Crippen molar-refractivity contribution in [2.24, 2.45) is 5.92 Å². The van der Waals surface area contributed by atoms with Crippen molar-refractivity contribution in [2.45, 2.75) is 290 Å². The van der Waals surface area contributed by atoms with Crippen LogP contribution in [0.3, 0.4) is 0 Å². The van der Waals surface area contributed by atoms with Crippen LogP contribution in [-0.4, -0.2) is 13.6 Å². The topological polar surface area (TPSA) is 12.0 Å². The second-order valence-corrected chi connectivity index (χ2v) is 20.0. The molecule has 0 aliphatic rings. The number of hydrogen-bond donors (Lipinski definition) is 1. The number of rotatable bonds is 48. The van der Waals surface area contributed by atoms with Gasteiger partial charge in [0, 0.05) is 0 Å². The van der Waals surface area contributed by atoms with E-state index in [2.05, 4.69) is 71.1 Å². The Kier molecular flexibility index (Phi) is 41.1. The maximum absolute atomic E-state index is 4.56. The van der Waals surface area contributed by atoms with E-state index in [9.17, 15) is 0 Å². The van der Waals surface area contributed by atoms with Crippen LogP contribution in [-0.2, 0) is 19.3 Å². The molecule has 0 radical (unpaired) electrons. The van der Waals surface area contributed by atoms with Gasteiger partial charge in [0.05, 0.1) is 0 Å². The fraction of sp³-hybridized carbons (Fsp3) is 0.800. The number of nitrogens with one attached hydrogen (secondary N) is 1. The third-order valence-electron chi connectivity index (χ3n) is 13.8. The van der Waals surface area contributed by atoms with Crippen molar-refractivity contribution >= 4 is 0 Å². The minimum absolute atomic E-state index is 0.893. The molecule has 1 rings (SSSR count). The van der Waals surface area contributed by atoms with Crippen molar-refractivity contribution in [3.63, 3.8) is 0 Å². The van der Waals surface area contributed by atoms with Gasteiger partial charge in [-0.2, -0.15) is 0 Å². The Balaban J connectivity index is 2.33. The lowest BCUT2D eigenvalue weighted by Gasteiger charge is -2.18. The van der Waals surface area contributed by atoms with Crippen molar-refractivity contribution in [3.05, 3.63) is 71.3 Å². The number of unbranched alkanes of at least 4 members (excludes halogenated alkanes) is 25. The van der Waals surface area contributed by atoms with E-state index in [1.54, 1.807) is 22.3 Å². The highest BCUT2D eigenvalue weighted by Gasteiger charge is 2.11. The molecule has 354 valence electrons. The van der Waals surface area contributed by atoms with Crippen LogP contribution in [0.4, 0.5) is 0 Å². The molecule has 0 fully saturated rings. The molecular weight excluding hydrogens is 735 g/mol. The minimum atomic E-state index is 0.893. The smallest absolute Gasteiger partial charge is 0.00489 e. The standard InChI is InChI=1S/C60H109N/c1-8-11-14-17-26-31-39-54(4)40-32-27-22-18-20-24-29-36-45-58-48-50-59(60(53-58)49-47-55(5)42-38-51-61-7)46-37-30-25-21-19-23-28-33-41-56(6)52-57(43-34-15-12-9-2)44-35-16-13-10-3/h48,50,53,57,61H,4-6,8-47,49,51-52H2,1-3,7H3. The van der Waals surface area contributed by atoms with Gasteiger partial charge >= 0.3 is 0 Å². The SMILES string of the molecule is C=C(CCCCCCCC)CCCCCCCCCCc1ccc(CCCCCCCCCCC(=C)CC(CCCCCC)CCCCCC)c(CCC(=C)CCCNC)c1. The van der Waals surface area contributed by atoms with Gasteiger partial charge in [0.25, 0.3) is 0 Å². The summed E-state index contributed by atoms with van der Waals surface area (Å²) in [5.41, 5.74) is 9.27.